The monoisotopic (exact) mass is 1180 g/mol. The maximum absolute atomic E-state index is 4.70. The quantitative estimate of drug-likeness (QED) is 0.135. The van der Waals surface area contributed by atoms with E-state index in [1.54, 1.807) is 6.20 Å². The van der Waals surface area contributed by atoms with Crippen molar-refractivity contribution in [3.8, 4) is 100 Å². The van der Waals surface area contributed by atoms with E-state index < -0.39 is 0 Å². The average Bonchev–Trinajstić information content (AvgIpc) is 3.56. The normalized spacial score (nSPS) is 10.9. The summed E-state index contributed by atoms with van der Waals surface area (Å²) < 4.78 is 0. The van der Waals surface area contributed by atoms with Crippen molar-refractivity contribution in [3.63, 3.8) is 0 Å². The largest absolute Gasteiger partial charge is 0.305 e. The molecule has 0 bridgehead atoms. The van der Waals surface area contributed by atoms with E-state index in [4.69, 9.17) is 4.98 Å². The molecule has 2 aromatic heterocycles. The van der Waals surface area contributed by atoms with Gasteiger partial charge >= 0.3 is 0 Å². The molecule has 0 saturated heterocycles. The molecule has 2 heterocycles. The first-order chi connectivity index (χ1) is 38.7. The molecule has 375 valence electrons. The smallest absolute Gasteiger partial charge is 0.0160 e. The predicted molar refractivity (Wildman–Crippen MR) is 328 cm³/mol. The van der Waals surface area contributed by atoms with Gasteiger partial charge in [0, 0.05) is 32.5 Å². The van der Waals surface area contributed by atoms with Crippen molar-refractivity contribution in [1.82, 2.24) is 9.97 Å². The second kappa shape index (κ2) is 22.9. The number of benzene rings is 12. The van der Waals surface area contributed by atoms with Crippen LogP contribution in [0.5, 0.6) is 0 Å². The molecule has 14 rings (SSSR count). The van der Waals surface area contributed by atoms with E-state index in [-0.39, 0.29) is 20.1 Å². The Labute approximate surface area is 475 Å². The van der Waals surface area contributed by atoms with Gasteiger partial charge in [-0.3, -0.25) is 0 Å². The zero-order valence-electron chi connectivity index (χ0n) is 43.1. The van der Waals surface area contributed by atoms with Gasteiger partial charge < -0.3 is 9.97 Å². The summed E-state index contributed by atoms with van der Waals surface area (Å²) in [5.41, 5.74) is 20.3. The summed E-state index contributed by atoms with van der Waals surface area (Å²) in [7, 11) is 0. The van der Waals surface area contributed by atoms with Crippen molar-refractivity contribution in [2.75, 3.05) is 0 Å². The van der Waals surface area contributed by atoms with Crippen LogP contribution in [0.1, 0.15) is 0 Å². The van der Waals surface area contributed by atoms with Gasteiger partial charge in [0.05, 0.1) is 0 Å². The number of hydrogen-bond donors (Lipinski definition) is 0. The number of hydrogen-bond acceptors (Lipinski definition) is 2. The molecule has 12 aromatic carbocycles. The van der Waals surface area contributed by atoms with Gasteiger partial charge in [-0.2, -0.15) is 0 Å². The van der Waals surface area contributed by atoms with Crippen LogP contribution in [0.2, 0.25) is 0 Å². The summed E-state index contributed by atoms with van der Waals surface area (Å²) in [6, 6.07) is 111. The average molecular weight is 1180 g/mol. The summed E-state index contributed by atoms with van der Waals surface area (Å²) in [5.74, 6) is 0. The molecule has 0 aliphatic carbocycles. The van der Waals surface area contributed by atoms with E-state index in [1.165, 1.54) is 82.4 Å². The van der Waals surface area contributed by atoms with Crippen LogP contribution in [0.25, 0.3) is 133 Å². The van der Waals surface area contributed by atoms with Crippen molar-refractivity contribution in [3.05, 3.63) is 316 Å². The molecule has 79 heavy (non-hydrogen) atoms. The number of nitrogens with zero attached hydrogens (tertiary/aromatic N) is 2. The fourth-order valence-corrected chi connectivity index (χ4v) is 10.9. The summed E-state index contributed by atoms with van der Waals surface area (Å²) in [5, 5.41) is 7.37. The van der Waals surface area contributed by atoms with E-state index in [9.17, 15) is 0 Å². The van der Waals surface area contributed by atoms with E-state index in [0.717, 1.165) is 50.3 Å². The fraction of sp³-hybridized carbons (Fsp3) is 0. The van der Waals surface area contributed by atoms with Crippen molar-refractivity contribution in [2.24, 2.45) is 0 Å². The second-order valence-corrected chi connectivity index (χ2v) is 19.5. The molecule has 0 unspecified atom stereocenters. The van der Waals surface area contributed by atoms with Gasteiger partial charge in [-0.05, 0) is 165 Å². The molecule has 0 N–H and O–H groups in total. The third kappa shape index (κ3) is 10.5. The molecule has 2 nitrogen and oxygen atoms in total. The Balaban J connectivity index is 0.000000423. The van der Waals surface area contributed by atoms with Gasteiger partial charge in [-0.15, -0.1) is 71.3 Å². The van der Waals surface area contributed by atoms with Gasteiger partial charge in [0.2, 0.25) is 0 Å². The summed E-state index contributed by atoms with van der Waals surface area (Å²) in [6.45, 7) is 0. The molecule has 0 saturated carbocycles. The van der Waals surface area contributed by atoms with Crippen LogP contribution in [0, 0.1) is 12.1 Å². The van der Waals surface area contributed by atoms with Crippen LogP contribution in [-0.4, -0.2) is 9.97 Å². The standard InChI is InChI=1S/C65H42N.C11H8N.Ir/c1-3-17-44(18-4-1)50-38-51(45-19-5-2-6-20-45)40-53(39-50)54-41-52(48-25-13-26-49(37-48)64-33-11-12-36-66-64)42-55(43-54)58-34-35-63(60-30-15-24-47-22-8-10-28-57(47)60)65-61(58)31-16-32-62(65)59-29-14-23-46-21-7-9-27-56(46)59;1-2-6-10(7-3-1)11-8-4-5-9-12-11;/h1-25,27-43H;1-6,8-9H;/q2*-1;. The Bertz CT molecular complexity index is 4220. The maximum Gasteiger partial charge on any atom is 0.0160 e. The van der Waals surface area contributed by atoms with Gasteiger partial charge in [0.25, 0.3) is 0 Å². The van der Waals surface area contributed by atoms with Crippen molar-refractivity contribution in [2.45, 2.75) is 0 Å². The molecule has 0 spiro atoms. The zero-order chi connectivity index (χ0) is 52.0. The predicted octanol–water partition coefficient (Wildman–Crippen LogP) is 20.2. The Hall–Kier alpha value is -9.63. The first-order valence-electron chi connectivity index (χ1n) is 26.4. The van der Waals surface area contributed by atoms with Crippen LogP contribution in [0.3, 0.4) is 0 Å². The third-order valence-corrected chi connectivity index (χ3v) is 14.7. The van der Waals surface area contributed by atoms with E-state index in [2.05, 4.69) is 248 Å². The molecule has 0 amide bonds. The minimum absolute atomic E-state index is 0. The molecule has 14 aromatic rings. The Morgan fingerprint density at radius 3 is 1.24 bits per heavy atom. The molecule has 3 heteroatoms. The molecular weight excluding hydrogens is 1130 g/mol. The molecule has 0 fully saturated rings. The molecule has 0 aliphatic heterocycles. The first kappa shape index (κ1) is 50.2. The van der Waals surface area contributed by atoms with Crippen molar-refractivity contribution < 1.29 is 20.1 Å². The van der Waals surface area contributed by atoms with Crippen LogP contribution >= 0.6 is 0 Å². The number of aromatic nitrogens is 2. The van der Waals surface area contributed by atoms with E-state index >= 15 is 0 Å². The van der Waals surface area contributed by atoms with Gasteiger partial charge in [-0.25, -0.2) is 0 Å². The second-order valence-electron chi connectivity index (χ2n) is 19.5. The number of pyridine rings is 2. The van der Waals surface area contributed by atoms with Crippen molar-refractivity contribution >= 4 is 32.3 Å². The van der Waals surface area contributed by atoms with E-state index in [1.807, 2.05) is 66.9 Å². The SMILES string of the molecule is [Ir].[c-]1ccc(-c2cc(-c3cc(-c4ccccc4)cc(-c4ccccc4)c3)cc(-c3ccc(-c4cccc5ccccc45)c4c(-c5cccc6ccccc56)cccc34)c2)cc1-c1ccccn1.[c-]1ccccc1-c1ccccn1. The summed E-state index contributed by atoms with van der Waals surface area (Å²) >= 11 is 0. The molecule has 1 radical (unpaired) electrons. The maximum atomic E-state index is 4.70. The number of fused-ring (bicyclic) bond motifs is 3. The molecular formula is C76H50IrN2-2. The van der Waals surface area contributed by atoms with Crippen molar-refractivity contribution in [1.29, 1.82) is 0 Å². The van der Waals surface area contributed by atoms with Crippen LogP contribution in [0.4, 0.5) is 0 Å². The third-order valence-electron chi connectivity index (χ3n) is 14.7. The molecule has 0 atom stereocenters. The fourth-order valence-electron chi connectivity index (χ4n) is 10.9. The summed E-state index contributed by atoms with van der Waals surface area (Å²) in [4.78, 5) is 8.92. The minimum atomic E-state index is 0. The van der Waals surface area contributed by atoms with Gasteiger partial charge in [-0.1, -0.05) is 200 Å². The Morgan fingerprint density at radius 1 is 0.241 bits per heavy atom. The van der Waals surface area contributed by atoms with E-state index in [0.29, 0.717) is 0 Å². The zero-order valence-corrected chi connectivity index (χ0v) is 45.5. The minimum Gasteiger partial charge on any atom is -0.305 e. The molecule has 0 aliphatic rings. The number of rotatable bonds is 9. The van der Waals surface area contributed by atoms with Crippen LogP contribution in [0.15, 0.2) is 304 Å². The van der Waals surface area contributed by atoms with Crippen LogP contribution in [-0.2, 0) is 20.1 Å². The summed E-state index contributed by atoms with van der Waals surface area (Å²) in [6.07, 6.45) is 3.63. The Morgan fingerprint density at radius 2 is 0.671 bits per heavy atom. The van der Waals surface area contributed by atoms with Gasteiger partial charge in [0.1, 0.15) is 0 Å². The first-order valence-corrected chi connectivity index (χ1v) is 26.4. The topological polar surface area (TPSA) is 25.8 Å². The van der Waals surface area contributed by atoms with Gasteiger partial charge in [0.15, 0.2) is 0 Å². The Kier molecular flexibility index (Phi) is 14.6. The van der Waals surface area contributed by atoms with Crippen LogP contribution < -0.4 is 0 Å².